The van der Waals surface area contributed by atoms with Crippen LogP contribution in [0.15, 0.2) is 208 Å². The van der Waals surface area contributed by atoms with Crippen molar-refractivity contribution in [3.63, 3.8) is 0 Å². The monoisotopic (exact) mass is 672 g/mol. The van der Waals surface area contributed by atoms with Gasteiger partial charge in [-0.3, -0.25) is 0 Å². The molecule has 1 aliphatic carbocycles. The van der Waals surface area contributed by atoms with E-state index in [4.69, 9.17) is 0 Å². The van der Waals surface area contributed by atoms with E-state index in [2.05, 4.69) is 203 Å². The summed E-state index contributed by atoms with van der Waals surface area (Å²) in [5, 5.41) is 3.87. The van der Waals surface area contributed by atoms with E-state index in [0.717, 1.165) is 18.5 Å². The second-order valence-corrected chi connectivity index (χ2v) is 16.4. The highest BCUT2D eigenvalue weighted by Gasteiger charge is 2.34. The Balaban J connectivity index is 1.40. The molecule has 9 aromatic rings. The molecule has 7 aromatic carbocycles. The number of allylic oxidation sites excluding steroid dienone is 1. The van der Waals surface area contributed by atoms with E-state index >= 15 is 0 Å². The summed E-state index contributed by atoms with van der Waals surface area (Å²) < 4.78 is 5.00. The maximum absolute atomic E-state index is 2.52. The fourth-order valence-electron chi connectivity index (χ4n) is 8.36. The average Bonchev–Trinajstić information content (AvgIpc) is 3.73. The highest BCUT2D eigenvalue weighted by atomic mass is 32.3. The van der Waals surface area contributed by atoms with Gasteiger partial charge in [0, 0.05) is 52.8 Å². The molecule has 0 atom stereocenters. The molecule has 0 aliphatic heterocycles. The molecule has 3 heteroatoms. The molecular weight excluding hydrogens is 637 g/mol. The number of para-hydroxylation sites is 3. The summed E-state index contributed by atoms with van der Waals surface area (Å²) in [6, 6.07) is 67.6. The van der Waals surface area contributed by atoms with Crippen molar-refractivity contribution < 1.29 is 0 Å². The molecule has 1 aliphatic rings. The second-order valence-electron chi connectivity index (χ2n) is 13.3. The molecule has 0 radical (unpaired) electrons. The lowest BCUT2D eigenvalue weighted by molar-refractivity contribution is 0.964. The first-order valence-electron chi connectivity index (χ1n) is 17.7. The molecule has 2 nitrogen and oxygen atoms in total. The minimum absolute atomic E-state index is 1.05. The SMILES string of the molecule is C1=Cc2c(c3ccccc3n2-c2cc(-n3c4ccccc4c4ccccc43)cc(S(c3ccccc3)(c3ccccc3)c3ccccc3)c2)CC1. The van der Waals surface area contributed by atoms with E-state index in [1.165, 1.54) is 69.2 Å². The van der Waals surface area contributed by atoms with Gasteiger partial charge in [-0.1, -0.05) is 115 Å². The third-order valence-corrected chi connectivity index (χ3v) is 14.4. The summed E-state index contributed by atoms with van der Waals surface area (Å²) in [5.41, 5.74) is 8.72. The van der Waals surface area contributed by atoms with Gasteiger partial charge in [-0.15, -0.1) is 10.0 Å². The topological polar surface area (TPSA) is 9.86 Å². The van der Waals surface area contributed by atoms with Crippen LogP contribution in [0.5, 0.6) is 0 Å². The zero-order valence-corrected chi connectivity index (χ0v) is 29.0. The first-order valence-corrected chi connectivity index (χ1v) is 19.4. The third kappa shape index (κ3) is 4.59. The number of benzene rings is 7. The Kier molecular flexibility index (Phi) is 7.07. The van der Waals surface area contributed by atoms with Gasteiger partial charge >= 0.3 is 0 Å². The first kappa shape index (κ1) is 29.8. The maximum Gasteiger partial charge on any atom is 0.0541 e. The lowest BCUT2D eigenvalue weighted by Gasteiger charge is -2.42. The molecule has 0 amide bonds. The second kappa shape index (κ2) is 12.1. The van der Waals surface area contributed by atoms with Crippen molar-refractivity contribution in [2.75, 3.05) is 0 Å². The average molecular weight is 673 g/mol. The van der Waals surface area contributed by atoms with Gasteiger partial charge in [-0.05, 0) is 97.3 Å². The zero-order valence-electron chi connectivity index (χ0n) is 28.2. The number of aromatic nitrogens is 2. The number of nitrogens with zero attached hydrogens (tertiary/aromatic N) is 2. The highest BCUT2D eigenvalue weighted by Crippen LogP contribution is 2.73. The van der Waals surface area contributed by atoms with Crippen molar-refractivity contribution in [3.8, 4) is 11.4 Å². The summed E-state index contributed by atoms with van der Waals surface area (Å²) in [5.74, 6) is 0. The number of rotatable bonds is 6. The molecule has 0 N–H and O–H groups in total. The Bertz CT molecular complexity index is 2590. The van der Waals surface area contributed by atoms with Gasteiger partial charge in [0.2, 0.25) is 0 Å². The molecule has 0 unspecified atom stereocenters. The minimum atomic E-state index is -1.96. The van der Waals surface area contributed by atoms with Crippen LogP contribution in [0.3, 0.4) is 0 Å². The molecule has 10 rings (SSSR count). The molecule has 2 heterocycles. The number of aryl methyl sites for hydroxylation is 1. The zero-order chi connectivity index (χ0) is 33.8. The molecule has 0 bridgehead atoms. The van der Waals surface area contributed by atoms with Crippen molar-refractivity contribution in [2.24, 2.45) is 0 Å². The van der Waals surface area contributed by atoms with Crippen LogP contribution in [0.2, 0.25) is 0 Å². The van der Waals surface area contributed by atoms with Crippen molar-refractivity contribution in [2.45, 2.75) is 32.4 Å². The van der Waals surface area contributed by atoms with E-state index in [1.807, 2.05) is 0 Å². The van der Waals surface area contributed by atoms with Gasteiger partial charge in [-0.25, -0.2) is 0 Å². The summed E-state index contributed by atoms with van der Waals surface area (Å²) in [6.45, 7) is 0. The molecule has 0 spiro atoms. The standard InChI is InChI=1S/C48H36N2S/c1-4-18-37(19-5-1)51(38-20-6-2-7-21-38,39-22-8-3-9-23-39)40-33-35(49-45-28-14-10-24-41(45)42-25-11-15-29-46(42)49)32-36(34-40)50-47-30-16-12-26-43(47)44-27-13-17-31-48(44)50/h1-12,14-26,28-34H,13,27H2. The minimum Gasteiger partial charge on any atom is -0.309 e. The molecule has 2 aromatic heterocycles. The number of fused-ring (bicyclic) bond motifs is 6. The quantitative estimate of drug-likeness (QED) is 0.166. The van der Waals surface area contributed by atoms with Crippen LogP contribution >= 0.6 is 10.0 Å². The Morgan fingerprint density at radius 2 is 0.824 bits per heavy atom. The van der Waals surface area contributed by atoms with Crippen molar-refractivity contribution in [1.29, 1.82) is 0 Å². The van der Waals surface area contributed by atoms with Crippen LogP contribution < -0.4 is 0 Å². The van der Waals surface area contributed by atoms with Gasteiger partial charge in [0.1, 0.15) is 0 Å². The fourth-order valence-corrected chi connectivity index (χ4v) is 12.3. The van der Waals surface area contributed by atoms with Crippen molar-refractivity contribution in [1.82, 2.24) is 9.13 Å². The van der Waals surface area contributed by atoms with Crippen molar-refractivity contribution >= 4 is 48.8 Å². The van der Waals surface area contributed by atoms with Gasteiger partial charge in [0.05, 0.1) is 16.6 Å². The van der Waals surface area contributed by atoms with Crippen LogP contribution in [0.4, 0.5) is 0 Å². The lowest BCUT2D eigenvalue weighted by atomic mass is 10.0. The molecule has 0 fully saturated rings. The summed E-state index contributed by atoms with van der Waals surface area (Å²) in [4.78, 5) is 5.23. The predicted molar refractivity (Wildman–Crippen MR) is 215 cm³/mol. The third-order valence-electron chi connectivity index (χ3n) is 10.5. The van der Waals surface area contributed by atoms with Crippen LogP contribution in [0.25, 0.3) is 50.2 Å². The number of hydrogen-bond acceptors (Lipinski definition) is 0. The molecule has 0 saturated heterocycles. The molecule has 0 saturated carbocycles. The summed E-state index contributed by atoms with van der Waals surface area (Å²) >= 11 is 0. The Morgan fingerprint density at radius 3 is 1.35 bits per heavy atom. The molecule has 51 heavy (non-hydrogen) atoms. The van der Waals surface area contributed by atoms with Gasteiger partial charge in [0.25, 0.3) is 0 Å². The van der Waals surface area contributed by atoms with Gasteiger partial charge in [-0.2, -0.15) is 0 Å². The normalized spacial score (nSPS) is 13.2. The molecular formula is C48H36N2S. The lowest BCUT2D eigenvalue weighted by Crippen LogP contribution is -2.08. The van der Waals surface area contributed by atoms with E-state index in [9.17, 15) is 0 Å². The van der Waals surface area contributed by atoms with Gasteiger partial charge in [0.15, 0.2) is 0 Å². The smallest absolute Gasteiger partial charge is 0.0541 e. The number of hydrogen-bond donors (Lipinski definition) is 0. The summed E-state index contributed by atoms with van der Waals surface area (Å²) in [7, 11) is -1.96. The first-order chi connectivity index (χ1) is 25.3. The van der Waals surface area contributed by atoms with Crippen LogP contribution in [0, 0.1) is 0 Å². The van der Waals surface area contributed by atoms with E-state index in [0.29, 0.717) is 0 Å². The predicted octanol–water partition coefficient (Wildman–Crippen LogP) is 13.0. The molecule has 244 valence electrons. The van der Waals surface area contributed by atoms with Crippen LogP contribution in [-0.4, -0.2) is 9.13 Å². The van der Waals surface area contributed by atoms with Crippen LogP contribution in [-0.2, 0) is 6.42 Å². The Labute approximate surface area is 299 Å². The van der Waals surface area contributed by atoms with E-state index in [-0.39, 0.29) is 0 Å². The highest BCUT2D eigenvalue weighted by molar-refractivity contribution is 8.34. The van der Waals surface area contributed by atoms with Crippen molar-refractivity contribution in [3.05, 3.63) is 199 Å². The van der Waals surface area contributed by atoms with Crippen LogP contribution in [0.1, 0.15) is 17.7 Å². The Hall–Kier alpha value is -6.03. The van der Waals surface area contributed by atoms with E-state index in [1.54, 1.807) is 0 Å². The Morgan fingerprint density at radius 1 is 0.392 bits per heavy atom. The maximum atomic E-state index is 2.52. The fraction of sp³-hybridized carbons (Fsp3) is 0.0417. The van der Waals surface area contributed by atoms with E-state index < -0.39 is 10.0 Å². The largest absolute Gasteiger partial charge is 0.309 e. The van der Waals surface area contributed by atoms with Gasteiger partial charge < -0.3 is 9.13 Å². The summed E-state index contributed by atoms with van der Waals surface area (Å²) in [6.07, 6.45) is 6.79.